The summed E-state index contributed by atoms with van der Waals surface area (Å²) >= 11 is 0. The van der Waals surface area contributed by atoms with Crippen LogP contribution >= 0.6 is 0 Å². The predicted molar refractivity (Wildman–Crippen MR) is 65.3 cm³/mol. The normalized spacial score (nSPS) is 23.5. The monoisotopic (exact) mass is 220 g/mol. The van der Waals surface area contributed by atoms with E-state index in [1.807, 2.05) is 13.1 Å². The average molecular weight is 220 g/mol. The summed E-state index contributed by atoms with van der Waals surface area (Å²) in [6, 6.07) is 10.8. The molecule has 0 radical (unpaired) electrons. The Morgan fingerprint density at radius 2 is 2.19 bits per heavy atom. The van der Waals surface area contributed by atoms with Gasteiger partial charge in [0.1, 0.15) is 0 Å². The van der Waals surface area contributed by atoms with Crippen LogP contribution in [0.5, 0.6) is 0 Å². The summed E-state index contributed by atoms with van der Waals surface area (Å²) in [5.41, 5.74) is 1.31. The van der Waals surface area contributed by atoms with Gasteiger partial charge < -0.3 is 10.4 Å². The highest BCUT2D eigenvalue weighted by Gasteiger charge is 2.22. The van der Waals surface area contributed by atoms with Gasteiger partial charge in [0.25, 0.3) is 0 Å². The number of likely N-dealkylation sites (N-methyl/N-ethyl adjacent to an activating group) is 1. The van der Waals surface area contributed by atoms with E-state index in [1.165, 1.54) is 5.56 Å². The first kappa shape index (κ1) is 11.6. The predicted octanol–water partition coefficient (Wildman–Crippen LogP) is 1.01. The van der Waals surface area contributed by atoms with Crippen LogP contribution in [0.2, 0.25) is 0 Å². The SMILES string of the molecule is CN[C@@H](CN1CCC(O)C1)c1ccccc1. The van der Waals surface area contributed by atoms with E-state index in [2.05, 4.69) is 34.5 Å². The van der Waals surface area contributed by atoms with Crippen molar-refractivity contribution < 1.29 is 5.11 Å². The van der Waals surface area contributed by atoms with Crippen LogP contribution in [0.4, 0.5) is 0 Å². The second-order valence-corrected chi connectivity index (χ2v) is 4.45. The molecule has 1 heterocycles. The van der Waals surface area contributed by atoms with E-state index >= 15 is 0 Å². The minimum Gasteiger partial charge on any atom is -0.392 e. The quantitative estimate of drug-likeness (QED) is 0.795. The zero-order valence-corrected chi connectivity index (χ0v) is 9.76. The molecule has 0 saturated carbocycles. The van der Waals surface area contributed by atoms with Gasteiger partial charge in [0.2, 0.25) is 0 Å². The largest absolute Gasteiger partial charge is 0.392 e. The van der Waals surface area contributed by atoms with Crippen LogP contribution in [0.25, 0.3) is 0 Å². The number of likely N-dealkylation sites (tertiary alicyclic amines) is 1. The van der Waals surface area contributed by atoms with Crippen molar-refractivity contribution in [3.63, 3.8) is 0 Å². The number of β-amino-alcohol motifs (C(OH)–C–C–N with tert-alkyl or cyclic N) is 1. The Labute approximate surface area is 97.1 Å². The smallest absolute Gasteiger partial charge is 0.0679 e. The molecule has 1 aromatic carbocycles. The first-order valence-electron chi connectivity index (χ1n) is 5.92. The summed E-state index contributed by atoms with van der Waals surface area (Å²) in [6.45, 7) is 2.79. The Kier molecular flexibility index (Phi) is 3.93. The molecule has 0 spiro atoms. The highest BCUT2D eigenvalue weighted by atomic mass is 16.3. The molecule has 88 valence electrons. The van der Waals surface area contributed by atoms with Gasteiger partial charge in [-0.05, 0) is 19.0 Å². The second-order valence-electron chi connectivity index (χ2n) is 4.45. The molecule has 1 saturated heterocycles. The van der Waals surface area contributed by atoms with Crippen LogP contribution in [0.15, 0.2) is 30.3 Å². The van der Waals surface area contributed by atoms with Crippen LogP contribution in [0.3, 0.4) is 0 Å². The molecule has 2 N–H and O–H groups in total. The lowest BCUT2D eigenvalue weighted by molar-refractivity contribution is 0.173. The molecule has 3 heteroatoms. The Hall–Kier alpha value is -0.900. The molecule has 1 aromatic rings. The Bertz CT molecular complexity index is 315. The molecule has 0 amide bonds. The molecule has 1 aliphatic heterocycles. The van der Waals surface area contributed by atoms with E-state index in [0.29, 0.717) is 6.04 Å². The van der Waals surface area contributed by atoms with Gasteiger partial charge in [0, 0.05) is 25.7 Å². The van der Waals surface area contributed by atoms with Crippen molar-refractivity contribution in [1.82, 2.24) is 10.2 Å². The van der Waals surface area contributed by atoms with Crippen LogP contribution in [-0.2, 0) is 0 Å². The number of rotatable bonds is 4. The number of aliphatic hydroxyl groups excluding tert-OH is 1. The van der Waals surface area contributed by atoms with Crippen molar-refractivity contribution in [2.75, 3.05) is 26.7 Å². The summed E-state index contributed by atoms with van der Waals surface area (Å²) in [4.78, 5) is 2.32. The third-order valence-electron chi connectivity index (χ3n) is 3.24. The Morgan fingerprint density at radius 3 is 2.75 bits per heavy atom. The van der Waals surface area contributed by atoms with E-state index in [0.717, 1.165) is 26.1 Å². The van der Waals surface area contributed by atoms with Gasteiger partial charge in [-0.3, -0.25) is 4.90 Å². The van der Waals surface area contributed by atoms with Crippen LogP contribution in [0.1, 0.15) is 18.0 Å². The van der Waals surface area contributed by atoms with Crippen molar-refractivity contribution in [2.45, 2.75) is 18.6 Å². The maximum absolute atomic E-state index is 9.49. The van der Waals surface area contributed by atoms with Gasteiger partial charge in [0.15, 0.2) is 0 Å². The molecule has 1 fully saturated rings. The molecule has 3 nitrogen and oxygen atoms in total. The number of benzene rings is 1. The standard InChI is InChI=1S/C13H20N2O/c1-14-13(11-5-3-2-4-6-11)10-15-8-7-12(16)9-15/h2-6,12-14,16H,7-10H2,1H3/t12?,13-/m0/s1. The minimum atomic E-state index is -0.131. The van der Waals surface area contributed by atoms with E-state index in [1.54, 1.807) is 0 Å². The van der Waals surface area contributed by atoms with E-state index in [-0.39, 0.29) is 6.10 Å². The van der Waals surface area contributed by atoms with Gasteiger partial charge in [-0.15, -0.1) is 0 Å². The fraction of sp³-hybridized carbons (Fsp3) is 0.538. The fourth-order valence-corrected chi connectivity index (χ4v) is 2.28. The molecule has 1 unspecified atom stereocenters. The second kappa shape index (κ2) is 5.43. The Morgan fingerprint density at radius 1 is 1.44 bits per heavy atom. The minimum absolute atomic E-state index is 0.131. The number of nitrogens with one attached hydrogen (secondary N) is 1. The first-order chi connectivity index (χ1) is 7.79. The van der Waals surface area contributed by atoms with Crippen LogP contribution in [0, 0.1) is 0 Å². The molecule has 0 aromatic heterocycles. The lowest BCUT2D eigenvalue weighted by Crippen LogP contribution is -2.32. The molecular formula is C13H20N2O. The molecule has 0 aliphatic carbocycles. The number of aliphatic hydroxyl groups is 1. The lowest BCUT2D eigenvalue weighted by Gasteiger charge is -2.23. The number of hydrogen-bond donors (Lipinski definition) is 2. The maximum Gasteiger partial charge on any atom is 0.0679 e. The molecule has 0 bridgehead atoms. The molecule has 2 rings (SSSR count). The van der Waals surface area contributed by atoms with Gasteiger partial charge in [-0.2, -0.15) is 0 Å². The highest BCUT2D eigenvalue weighted by Crippen LogP contribution is 2.17. The zero-order valence-electron chi connectivity index (χ0n) is 9.76. The summed E-state index contributed by atoms with van der Waals surface area (Å²) in [5, 5.41) is 12.8. The summed E-state index contributed by atoms with van der Waals surface area (Å²) in [5.74, 6) is 0. The summed E-state index contributed by atoms with van der Waals surface area (Å²) in [6.07, 6.45) is 0.777. The van der Waals surface area contributed by atoms with Gasteiger partial charge in [-0.25, -0.2) is 0 Å². The van der Waals surface area contributed by atoms with Crippen LogP contribution in [-0.4, -0.2) is 42.8 Å². The number of nitrogens with zero attached hydrogens (tertiary/aromatic N) is 1. The van der Waals surface area contributed by atoms with Crippen molar-refractivity contribution in [3.8, 4) is 0 Å². The molecular weight excluding hydrogens is 200 g/mol. The molecule has 2 atom stereocenters. The molecule has 16 heavy (non-hydrogen) atoms. The third kappa shape index (κ3) is 2.82. The summed E-state index contributed by atoms with van der Waals surface area (Å²) in [7, 11) is 1.99. The van der Waals surface area contributed by atoms with E-state index in [4.69, 9.17) is 0 Å². The highest BCUT2D eigenvalue weighted by molar-refractivity contribution is 5.19. The zero-order chi connectivity index (χ0) is 11.4. The van der Waals surface area contributed by atoms with Crippen molar-refractivity contribution in [2.24, 2.45) is 0 Å². The lowest BCUT2D eigenvalue weighted by atomic mass is 10.1. The topological polar surface area (TPSA) is 35.5 Å². The van der Waals surface area contributed by atoms with Crippen molar-refractivity contribution in [1.29, 1.82) is 0 Å². The summed E-state index contributed by atoms with van der Waals surface area (Å²) < 4.78 is 0. The third-order valence-corrected chi connectivity index (χ3v) is 3.24. The fourth-order valence-electron chi connectivity index (χ4n) is 2.28. The van der Waals surface area contributed by atoms with Gasteiger partial charge in [-0.1, -0.05) is 30.3 Å². The van der Waals surface area contributed by atoms with E-state index in [9.17, 15) is 5.11 Å². The van der Waals surface area contributed by atoms with Crippen LogP contribution < -0.4 is 5.32 Å². The first-order valence-corrected chi connectivity index (χ1v) is 5.92. The maximum atomic E-state index is 9.49. The average Bonchev–Trinajstić information content (AvgIpc) is 2.73. The molecule has 1 aliphatic rings. The van der Waals surface area contributed by atoms with Gasteiger partial charge >= 0.3 is 0 Å². The van der Waals surface area contributed by atoms with Crippen molar-refractivity contribution >= 4 is 0 Å². The van der Waals surface area contributed by atoms with E-state index < -0.39 is 0 Å². The van der Waals surface area contributed by atoms with Crippen molar-refractivity contribution in [3.05, 3.63) is 35.9 Å². The van der Waals surface area contributed by atoms with Gasteiger partial charge in [0.05, 0.1) is 6.10 Å². The Balaban J connectivity index is 1.96. The number of hydrogen-bond acceptors (Lipinski definition) is 3.